The summed E-state index contributed by atoms with van der Waals surface area (Å²) in [4.78, 5) is 0.319. The second-order valence-electron chi connectivity index (χ2n) is 7.46. The summed E-state index contributed by atoms with van der Waals surface area (Å²) in [6.07, 6.45) is 0. The van der Waals surface area contributed by atoms with E-state index in [1.165, 1.54) is 12.1 Å². The molecule has 5 rings (SSSR count). The van der Waals surface area contributed by atoms with E-state index in [2.05, 4.69) is 0 Å². The molecule has 0 atom stereocenters. The molecule has 0 fully saturated rings. The third kappa shape index (κ3) is 3.97. The molecule has 0 saturated heterocycles. The van der Waals surface area contributed by atoms with Crippen LogP contribution in [0.3, 0.4) is 0 Å². The molecule has 162 valence electrons. The zero-order valence-electron chi connectivity index (χ0n) is 17.5. The van der Waals surface area contributed by atoms with Gasteiger partial charge in [0.2, 0.25) is 9.84 Å². The molecule has 1 aromatic heterocycles. The summed E-state index contributed by atoms with van der Waals surface area (Å²) in [6.45, 7) is 0. The van der Waals surface area contributed by atoms with Gasteiger partial charge in [0.05, 0.1) is 16.3 Å². The van der Waals surface area contributed by atoms with Crippen LogP contribution in [0, 0.1) is 0 Å². The zero-order chi connectivity index (χ0) is 22.8. The van der Waals surface area contributed by atoms with Crippen molar-refractivity contribution in [3.63, 3.8) is 0 Å². The predicted molar refractivity (Wildman–Crippen MR) is 131 cm³/mol. The first-order chi connectivity index (χ1) is 16.1. The molecule has 0 aliphatic carbocycles. The Morgan fingerprint density at radius 2 is 1.15 bits per heavy atom. The number of sulfone groups is 1. The van der Waals surface area contributed by atoms with Gasteiger partial charge in [-0.15, -0.1) is 0 Å². The van der Waals surface area contributed by atoms with Crippen LogP contribution in [0.25, 0.3) is 28.2 Å². The second kappa shape index (κ2) is 8.70. The molecule has 33 heavy (non-hydrogen) atoms. The molecule has 0 aliphatic heterocycles. The number of hydrogen-bond acceptors (Lipinski definition) is 3. The molecule has 4 nitrogen and oxygen atoms in total. The third-order valence-corrected chi connectivity index (χ3v) is 7.40. The molecule has 4 aromatic carbocycles. The fourth-order valence-electron chi connectivity index (χ4n) is 3.78. The van der Waals surface area contributed by atoms with Crippen LogP contribution in [0.4, 0.5) is 0 Å². The van der Waals surface area contributed by atoms with Gasteiger partial charge < -0.3 is 0 Å². The van der Waals surface area contributed by atoms with Crippen molar-refractivity contribution < 1.29 is 8.42 Å². The van der Waals surface area contributed by atoms with Gasteiger partial charge >= 0.3 is 0 Å². The Morgan fingerprint density at radius 1 is 0.636 bits per heavy atom. The molecule has 0 amide bonds. The minimum Gasteiger partial charge on any atom is -0.231 e. The van der Waals surface area contributed by atoms with Crippen LogP contribution >= 0.6 is 11.6 Å². The molecule has 5 aromatic rings. The van der Waals surface area contributed by atoms with Gasteiger partial charge in [0.15, 0.2) is 0 Å². The van der Waals surface area contributed by atoms with Gasteiger partial charge in [0, 0.05) is 16.1 Å². The normalized spacial score (nSPS) is 11.4. The highest BCUT2D eigenvalue weighted by atomic mass is 35.5. The summed E-state index contributed by atoms with van der Waals surface area (Å²) in [5, 5.41) is 5.32. The topological polar surface area (TPSA) is 52.0 Å². The van der Waals surface area contributed by atoms with Crippen molar-refractivity contribution in [1.29, 1.82) is 0 Å². The van der Waals surface area contributed by atoms with E-state index in [0.29, 0.717) is 16.4 Å². The SMILES string of the molecule is O=S(=O)(c1ccc(Cl)cc1)c1c(-c2ccccc2)nn(-c2ccccc2)c1-c1ccccc1. The van der Waals surface area contributed by atoms with Crippen molar-refractivity contribution in [2.75, 3.05) is 0 Å². The smallest absolute Gasteiger partial charge is 0.210 e. The first-order valence-electron chi connectivity index (χ1n) is 10.4. The van der Waals surface area contributed by atoms with Crippen LogP contribution in [0.5, 0.6) is 0 Å². The van der Waals surface area contributed by atoms with Crippen LogP contribution in [-0.4, -0.2) is 18.2 Å². The Kier molecular flexibility index (Phi) is 5.58. The number of halogens is 1. The maximum Gasteiger partial charge on any atom is 0.210 e. The molecule has 6 heteroatoms. The molecule has 0 unspecified atom stereocenters. The van der Waals surface area contributed by atoms with Crippen molar-refractivity contribution in [2.24, 2.45) is 0 Å². The minimum absolute atomic E-state index is 0.158. The molecule has 0 bridgehead atoms. The number of benzene rings is 4. The number of aromatic nitrogens is 2. The van der Waals surface area contributed by atoms with Crippen LogP contribution in [0.1, 0.15) is 0 Å². The minimum atomic E-state index is -3.94. The first-order valence-corrected chi connectivity index (χ1v) is 12.2. The molecular formula is C27H19ClN2O2S. The van der Waals surface area contributed by atoms with E-state index in [-0.39, 0.29) is 9.79 Å². The van der Waals surface area contributed by atoms with Crippen LogP contribution in [0.2, 0.25) is 5.02 Å². The maximum absolute atomic E-state index is 14.1. The average Bonchev–Trinajstić information content (AvgIpc) is 3.28. The van der Waals surface area contributed by atoms with Crippen molar-refractivity contribution in [1.82, 2.24) is 9.78 Å². The zero-order valence-corrected chi connectivity index (χ0v) is 19.0. The highest BCUT2D eigenvalue weighted by Gasteiger charge is 2.32. The molecule has 0 radical (unpaired) electrons. The molecular weight excluding hydrogens is 452 g/mol. The number of rotatable bonds is 5. The monoisotopic (exact) mass is 470 g/mol. The Balaban J connectivity index is 1.90. The van der Waals surface area contributed by atoms with E-state index in [0.717, 1.165) is 16.8 Å². The Labute approximate surface area is 197 Å². The van der Waals surface area contributed by atoms with Gasteiger partial charge in [-0.1, -0.05) is 90.5 Å². The molecule has 0 aliphatic rings. The summed E-state index contributed by atoms with van der Waals surface area (Å²) in [5.41, 5.74) is 3.15. The van der Waals surface area contributed by atoms with Crippen LogP contribution in [0.15, 0.2) is 125 Å². The van der Waals surface area contributed by atoms with Crippen molar-refractivity contribution >= 4 is 21.4 Å². The fourth-order valence-corrected chi connectivity index (χ4v) is 5.51. The van der Waals surface area contributed by atoms with Gasteiger partial charge in [0.25, 0.3) is 0 Å². The summed E-state index contributed by atoms with van der Waals surface area (Å²) in [7, 11) is -3.94. The Bertz CT molecular complexity index is 1500. The van der Waals surface area contributed by atoms with E-state index >= 15 is 0 Å². The summed E-state index contributed by atoms with van der Waals surface area (Å²) in [5.74, 6) is 0. The number of hydrogen-bond donors (Lipinski definition) is 0. The molecule has 1 heterocycles. The van der Waals surface area contributed by atoms with Gasteiger partial charge in [0.1, 0.15) is 10.6 Å². The molecule has 0 saturated carbocycles. The highest BCUT2D eigenvalue weighted by Crippen LogP contribution is 2.40. The largest absolute Gasteiger partial charge is 0.231 e. The summed E-state index contributed by atoms with van der Waals surface area (Å²) < 4.78 is 29.9. The lowest BCUT2D eigenvalue weighted by atomic mass is 10.1. The lowest BCUT2D eigenvalue weighted by molar-refractivity contribution is 0.596. The fraction of sp³-hybridized carbons (Fsp3) is 0. The Morgan fingerprint density at radius 3 is 1.73 bits per heavy atom. The van der Waals surface area contributed by atoms with E-state index in [4.69, 9.17) is 16.7 Å². The highest BCUT2D eigenvalue weighted by molar-refractivity contribution is 7.91. The van der Waals surface area contributed by atoms with Gasteiger partial charge in [-0.3, -0.25) is 0 Å². The predicted octanol–water partition coefficient (Wildman–Crippen LogP) is 6.69. The quantitative estimate of drug-likeness (QED) is 0.287. The van der Waals surface area contributed by atoms with E-state index in [9.17, 15) is 8.42 Å². The molecule has 0 N–H and O–H groups in total. The van der Waals surface area contributed by atoms with Gasteiger partial charge in [-0.2, -0.15) is 5.10 Å². The average molecular weight is 471 g/mol. The number of para-hydroxylation sites is 1. The lowest BCUT2D eigenvalue weighted by Gasteiger charge is -2.11. The van der Waals surface area contributed by atoms with Gasteiger partial charge in [-0.05, 0) is 36.4 Å². The van der Waals surface area contributed by atoms with Gasteiger partial charge in [-0.25, -0.2) is 13.1 Å². The van der Waals surface area contributed by atoms with Crippen molar-refractivity contribution in [3.8, 4) is 28.2 Å². The summed E-state index contributed by atoms with van der Waals surface area (Å²) in [6, 6.07) is 34.6. The third-order valence-electron chi connectivity index (χ3n) is 5.33. The first kappa shape index (κ1) is 21.2. The van der Waals surface area contributed by atoms with E-state index in [1.54, 1.807) is 16.8 Å². The second-order valence-corrected chi connectivity index (χ2v) is 9.79. The lowest BCUT2D eigenvalue weighted by Crippen LogP contribution is -2.06. The van der Waals surface area contributed by atoms with E-state index < -0.39 is 9.84 Å². The maximum atomic E-state index is 14.1. The van der Waals surface area contributed by atoms with E-state index in [1.807, 2.05) is 91.0 Å². The Hall–Kier alpha value is -3.67. The van der Waals surface area contributed by atoms with Crippen molar-refractivity contribution in [3.05, 3.63) is 120 Å². The molecule has 0 spiro atoms. The number of nitrogens with zero attached hydrogens (tertiary/aromatic N) is 2. The standard InChI is InChI=1S/C27H19ClN2O2S/c28-22-16-18-24(19-17-22)33(31,32)27-25(20-10-4-1-5-11-20)29-30(23-14-8-3-9-15-23)26(27)21-12-6-2-7-13-21/h1-19H. The van der Waals surface area contributed by atoms with Crippen LogP contribution in [-0.2, 0) is 9.84 Å². The van der Waals surface area contributed by atoms with Crippen LogP contribution < -0.4 is 0 Å². The van der Waals surface area contributed by atoms with Crippen molar-refractivity contribution in [2.45, 2.75) is 9.79 Å². The summed E-state index contributed by atoms with van der Waals surface area (Å²) >= 11 is 6.03.